The van der Waals surface area contributed by atoms with Gasteiger partial charge >= 0.3 is 5.97 Å². The second kappa shape index (κ2) is 53.9. The van der Waals surface area contributed by atoms with Crippen LogP contribution < -0.4 is 5.32 Å². The fourth-order valence-electron chi connectivity index (χ4n) is 10.0. The number of ether oxygens (including phenoxy) is 3. The van der Waals surface area contributed by atoms with E-state index < -0.39 is 49.5 Å². The van der Waals surface area contributed by atoms with Gasteiger partial charge in [0.05, 0.1) is 32.0 Å². The van der Waals surface area contributed by atoms with Gasteiger partial charge in [-0.15, -0.1) is 0 Å². The third kappa shape index (κ3) is 43.4. The molecule has 7 atom stereocenters. The molecule has 1 heterocycles. The Morgan fingerprint density at radius 1 is 0.493 bits per heavy atom. The van der Waals surface area contributed by atoms with Gasteiger partial charge in [0.15, 0.2) is 6.29 Å². The summed E-state index contributed by atoms with van der Waals surface area (Å²) in [4.78, 5) is 25.0. The summed E-state index contributed by atoms with van der Waals surface area (Å²) in [6.07, 6.45) is 57.1. The van der Waals surface area contributed by atoms with E-state index in [9.17, 15) is 35.1 Å². The number of hydrogen-bond donors (Lipinski definition) is 6. The molecule has 0 aliphatic carbocycles. The van der Waals surface area contributed by atoms with Gasteiger partial charge in [-0.25, -0.2) is 0 Å². The summed E-state index contributed by atoms with van der Waals surface area (Å²) in [5.74, 6) is -0.190. The highest BCUT2D eigenvalue weighted by atomic mass is 16.7. The first-order valence-corrected chi connectivity index (χ1v) is 31.8. The minimum absolute atomic E-state index is 0.00622. The molecule has 6 N–H and O–H groups in total. The molecule has 0 aromatic carbocycles. The van der Waals surface area contributed by atoms with Gasteiger partial charge in [-0.1, -0.05) is 269 Å². The number of amides is 1. The van der Waals surface area contributed by atoms with E-state index in [0.717, 1.165) is 70.6 Å². The molecule has 0 bridgehead atoms. The van der Waals surface area contributed by atoms with Crippen molar-refractivity contribution in [1.82, 2.24) is 5.32 Å². The number of unbranched alkanes of at least 4 members (excludes halogenated alkanes) is 37. The molecule has 11 nitrogen and oxygen atoms in total. The summed E-state index contributed by atoms with van der Waals surface area (Å²) in [6.45, 7) is 4.21. The molecule has 1 rings (SSSR count). The molecule has 0 spiro atoms. The van der Waals surface area contributed by atoms with E-state index in [2.05, 4.69) is 43.5 Å². The molecular weight excluding hydrogens is 943 g/mol. The highest BCUT2D eigenvalue weighted by molar-refractivity contribution is 5.76. The summed E-state index contributed by atoms with van der Waals surface area (Å²) in [5.41, 5.74) is 0. The van der Waals surface area contributed by atoms with E-state index in [1.165, 1.54) is 199 Å². The van der Waals surface area contributed by atoms with E-state index in [1.54, 1.807) is 6.08 Å². The average Bonchev–Trinajstić information content (AvgIpc) is 3.41. The van der Waals surface area contributed by atoms with Crippen LogP contribution in [-0.4, -0.2) is 100 Å². The molecule has 7 unspecified atom stereocenters. The number of aliphatic hydroxyl groups excluding tert-OH is 5. The molecule has 11 heteroatoms. The maximum absolute atomic E-state index is 13.0. The molecule has 1 aliphatic rings. The number of esters is 1. The van der Waals surface area contributed by atoms with Crippen LogP contribution in [0.2, 0.25) is 0 Å². The van der Waals surface area contributed by atoms with Crippen LogP contribution in [0.15, 0.2) is 36.5 Å². The predicted octanol–water partition coefficient (Wildman–Crippen LogP) is 15.1. The molecule has 0 aromatic heterocycles. The fraction of sp³-hybridized carbons (Fsp3) is 0.875. The quantitative estimate of drug-likeness (QED) is 0.0195. The van der Waals surface area contributed by atoms with Crippen molar-refractivity contribution >= 4 is 11.9 Å². The third-order valence-electron chi connectivity index (χ3n) is 15.0. The maximum atomic E-state index is 13.0. The molecular formula is C64H119NO10. The number of nitrogens with one attached hydrogen (secondary N) is 1. The average molecular weight is 1060 g/mol. The number of rotatable bonds is 55. The van der Waals surface area contributed by atoms with Crippen LogP contribution >= 0.6 is 0 Å². The van der Waals surface area contributed by atoms with Crippen molar-refractivity contribution in [1.29, 1.82) is 0 Å². The summed E-state index contributed by atoms with van der Waals surface area (Å²) in [6, 6.07) is -0.832. The lowest BCUT2D eigenvalue weighted by Crippen LogP contribution is -2.60. The van der Waals surface area contributed by atoms with E-state index in [0.29, 0.717) is 19.4 Å². The Morgan fingerprint density at radius 3 is 1.31 bits per heavy atom. The Balaban J connectivity index is 1.97. The number of carbonyl (C=O) groups excluding carboxylic acids is 2. The Kier molecular flexibility index (Phi) is 50.9. The van der Waals surface area contributed by atoms with Crippen molar-refractivity contribution in [3.8, 4) is 0 Å². The van der Waals surface area contributed by atoms with E-state index in [4.69, 9.17) is 14.2 Å². The Morgan fingerprint density at radius 2 is 0.880 bits per heavy atom. The van der Waals surface area contributed by atoms with Gasteiger partial charge in [0, 0.05) is 12.8 Å². The minimum atomic E-state index is -1.58. The van der Waals surface area contributed by atoms with E-state index in [-0.39, 0.29) is 18.5 Å². The zero-order valence-corrected chi connectivity index (χ0v) is 48.5. The normalized spacial score (nSPS) is 18.9. The molecule has 0 radical (unpaired) electrons. The molecule has 75 heavy (non-hydrogen) atoms. The number of allylic oxidation sites excluding steroid dienone is 5. The van der Waals surface area contributed by atoms with Crippen molar-refractivity contribution in [3.63, 3.8) is 0 Å². The second-order valence-corrected chi connectivity index (χ2v) is 22.1. The van der Waals surface area contributed by atoms with Gasteiger partial charge in [0.25, 0.3) is 0 Å². The standard InChI is InChI=1S/C64H119NO10/c1-3-5-7-9-11-13-31-36-40-44-48-52-60(69)73-53-49-45-41-37-33-30-28-26-24-22-20-18-16-15-17-19-21-23-25-27-29-32-35-39-43-47-51-59(68)65-56(55-74-64-63(72)62(71)61(70)58(54-66)75-64)57(67)50-46-42-38-34-14-12-10-8-6-4-2/h6,8,14,34,46,50,56-58,61-64,66-67,70-72H,3-5,7,9-13,15-33,35-45,47-49,51-55H2,1-2H3,(H,65,68)/b8-6+,34-14+,50-46+. The van der Waals surface area contributed by atoms with Gasteiger partial charge in [-0.2, -0.15) is 0 Å². The Labute approximate surface area is 460 Å². The SMILES string of the molecule is CC/C=C/CC/C=C/CC/C=C/C(O)C(COC1OC(CO)C(O)C(O)C1O)NC(=O)CCCCCCCCCCCCCCCCCCCCCCCCCCCCOC(=O)CCCCCCCCCCCCC. The second-order valence-electron chi connectivity index (χ2n) is 22.1. The van der Waals surface area contributed by atoms with Gasteiger partial charge in [-0.3, -0.25) is 9.59 Å². The maximum Gasteiger partial charge on any atom is 0.305 e. The summed E-state index contributed by atoms with van der Waals surface area (Å²) >= 11 is 0. The van der Waals surface area contributed by atoms with Crippen molar-refractivity contribution in [2.24, 2.45) is 0 Å². The van der Waals surface area contributed by atoms with E-state index in [1.807, 2.05) is 6.08 Å². The first-order valence-electron chi connectivity index (χ1n) is 31.8. The highest BCUT2D eigenvalue weighted by Gasteiger charge is 2.44. The lowest BCUT2D eigenvalue weighted by Gasteiger charge is -2.40. The lowest BCUT2D eigenvalue weighted by molar-refractivity contribution is -0.302. The Hall–Kier alpha value is -2.12. The first-order chi connectivity index (χ1) is 36.7. The highest BCUT2D eigenvalue weighted by Crippen LogP contribution is 2.23. The van der Waals surface area contributed by atoms with E-state index >= 15 is 0 Å². The van der Waals surface area contributed by atoms with Crippen LogP contribution in [0.1, 0.15) is 296 Å². The fourth-order valence-corrected chi connectivity index (χ4v) is 10.0. The summed E-state index contributed by atoms with van der Waals surface area (Å²) in [5, 5.41) is 54.2. The van der Waals surface area contributed by atoms with Crippen molar-refractivity contribution < 1.29 is 49.3 Å². The van der Waals surface area contributed by atoms with Crippen LogP contribution in [0, 0.1) is 0 Å². The lowest BCUT2D eigenvalue weighted by atomic mass is 9.99. The smallest absolute Gasteiger partial charge is 0.305 e. The topological polar surface area (TPSA) is 175 Å². The monoisotopic (exact) mass is 1060 g/mol. The number of aliphatic hydroxyl groups is 5. The molecule has 1 aliphatic heterocycles. The largest absolute Gasteiger partial charge is 0.466 e. The summed E-state index contributed by atoms with van der Waals surface area (Å²) in [7, 11) is 0. The van der Waals surface area contributed by atoms with Gasteiger partial charge in [-0.05, 0) is 51.4 Å². The van der Waals surface area contributed by atoms with Crippen LogP contribution in [0.3, 0.4) is 0 Å². The van der Waals surface area contributed by atoms with Crippen molar-refractivity contribution in [3.05, 3.63) is 36.5 Å². The van der Waals surface area contributed by atoms with Gasteiger partial charge < -0.3 is 45.1 Å². The number of hydrogen-bond acceptors (Lipinski definition) is 10. The van der Waals surface area contributed by atoms with Crippen molar-refractivity contribution in [2.45, 2.75) is 339 Å². The molecule has 1 amide bonds. The predicted molar refractivity (Wildman–Crippen MR) is 311 cm³/mol. The van der Waals surface area contributed by atoms with Crippen LogP contribution in [0.5, 0.6) is 0 Å². The van der Waals surface area contributed by atoms with Gasteiger partial charge in [0.2, 0.25) is 5.91 Å². The molecule has 440 valence electrons. The third-order valence-corrected chi connectivity index (χ3v) is 15.0. The number of carbonyl (C=O) groups is 2. The zero-order chi connectivity index (χ0) is 54.5. The van der Waals surface area contributed by atoms with Gasteiger partial charge in [0.1, 0.15) is 24.4 Å². The zero-order valence-electron chi connectivity index (χ0n) is 48.5. The van der Waals surface area contributed by atoms with Crippen LogP contribution in [0.25, 0.3) is 0 Å². The summed E-state index contributed by atoms with van der Waals surface area (Å²) < 4.78 is 16.7. The molecule has 1 fully saturated rings. The van der Waals surface area contributed by atoms with Crippen LogP contribution in [0.4, 0.5) is 0 Å². The molecule has 0 aromatic rings. The van der Waals surface area contributed by atoms with Crippen LogP contribution in [-0.2, 0) is 23.8 Å². The molecule has 1 saturated heterocycles. The van der Waals surface area contributed by atoms with Crippen molar-refractivity contribution in [2.75, 3.05) is 19.8 Å². The molecule has 0 saturated carbocycles. The Bertz CT molecular complexity index is 1340. The first kappa shape index (κ1) is 70.9. The minimum Gasteiger partial charge on any atom is -0.466 e.